The number of nitrogens with one attached hydrogen (secondary N) is 4. The molecule has 1 unspecified atom stereocenters. The monoisotopic (exact) mass is 632 g/mol. The van der Waals surface area contributed by atoms with Gasteiger partial charge in [-0.3, -0.25) is 24.5 Å². The van der Waals surface area contributed by atoms with Gasteiger partial charge in [0.2, 0.25) is 17.7 Å². The van der Waals surface area contributed by atoms with Crippen LogP contribution in [0.15, 0.2) is 47.6 Å². The number of hydrogen-bond donors (Lipinski definition) is 6. The summed E-state index contributed by atoms with van der Waals surface area (Å²) in [5, 5.41) is 12.2. The fraction of sp³-hybridized carbons (Fsp3) is 0.438. The van der Waals surface area contributed by atoms with Crippen molar-refractivity contribution < 1.29 is 28.9 Å². The van der Waals surface area contributed by atoms with Crippen LogP contribution in [0.5, 0.6) is 0 Å². The third-order valence-corrected chi connectivity index (χ3v) is 8.51. The Bertz CT molecular complexity index is 1490. The summed E-state index contributed by atoms with van der Waals surface area (Å²) < 4.78 is 5.78. The molecular weight excluding hydrogens is 590 g/mol. The fourth-order valence-electron chi connectivity index (χ4n) is 5.91. The first-order chi connectivity index (χ1) is 22.3. The minimum atomic E-state index is -0.706. The number of imide groups is 1. The fourth-order valence-corrected chi connectivity index (χ4v) is 5.91. The maximum Gasteiger partial charge on any atom is 0.255 e. The van der Waals surface area contributed by atoms with Gasteiger partial charge in [0.25, 0.3) is 5.91 Å². The molecule has 8 N–H and O–H groups in total. The zero-order chi connectivity index (χ0) is 32.5. The number of rotatable bonds is 13. The van der Waals surface area contributed by atoms with Crippen LogP contribution >= 0.6 is 0 Å². The van der Waals surface area contributed by atoms with Crippen molar-refractivity contribution in [1.29, 1.82) is 0 Å². The quantitative estimate of drug-likeness (QED) is 0.0382. The molecule has 244 valence electrons. The first kappa shape index (κ1) is 32.7. The minimum absolute atomic E-state index is 0.0876. The van der Waals surface area contributed by atoms with E-state index in [1.165, 1.54) is 4.90 Å². The number of nitrogens with zero attached hydrogens (tertiary/aromatic N) is 3. The van der Waals surface area contributed by atoms with Crippen LogP contribution in [0.25, 0.3) is 0 Å². The van der Waals surface area contributed by atoms with Gasteiger partial charge >= 0.3 is 0 Å². The van der Waals surface area contributed by atoms with Crippen LogP contribution in [0.1, 0.15) is 47.2 Å². The van der Waals surface area contributed by atoms with Gasteiger partial charge in [-0.2, -0.15) is 5.10 Å². The van der Waals surface area contributed by atoms with Crippen molar-refractivity contribution in [1.82, 2.24) is 20.4 Å². The van der Waals surface area contributed by atoms with Gasteiger partial charge in [-0.05, 0) is 30.7 Å². The number of nitrogens with two attached hydrogens (primary N) is 2. The number of carbonyl (C=O) groups is 4. The molecule has 3 aliphatic heterocycles. The summed E-state index contributed by atoms with van der Waals surface area (Å²) in [5.41, 5.74) is 9.70. The van der Waals surface area contributed by atoms with E-state index in [-0.39, 0.29) is 43.7 Å². The molecule has 1 atom stereocenters. The van der Waals surface area contributed by atoms with Gasteiger partial charge < -0.3 is 36.7 Å². The second kappa shape index (κ2) is 15.6. The summed E-state index contributed by atoms with van der Waals surface area (Å²) in [7, 11) is 0. The van der Waals surface area contributed by atoms with Crippen molar-refractivity contribution in [3.05, 3.63) is 59.2 Å². The van der Waals surface area contributed by atoms with Crippen molar-refractivity contribution >= 4 is 46.9 Å². The third kappa shape index (κ3) is 8.33. The molecule has 3 heterocycles. The second-order valence-corrected chi connectivity index (χ2v) is 11.6. The number of hydrogen-bond acceptors (Lipinski definition) is 10. The lowest BCUT2D eigenvalue weighted by atomic mass is 10.0. The van der Waals surface area contributed by atoms with E-state index in [4.69, 9.17) is 16.3 Å². The topological polar surface area (TPSA) is 198 Å². The Hall–Kier alpha value is -4.66. The van der Waals surface area contributed by atoms with Crippen molar-refractivity contribution in [3.63, 3.8) is 0 Å². The molecular formula is C32H42N9O5+. The molecule has 14 nitrogen and oxygen atoms in total. The number of anilines is 2. The van der Waals surface area contributed by atoms with Gasteiger partial charge in [-0.1, -0.05) is 18.2 Å². The zero-order valence-electron chi connectivity index (χ0n) is 25.8. The molecule has 0 bridgehead atoms. The molecule has 14 heteroatoms. The van der Waals surface area contributed by atoms with Gasteiger partial charge in [-0.25, -0.2) is 4.99 Å². The lowest BCUT2D eigenvalue weighted by Gasteiger charge is -2.29. The van der Waals surface area contributed by atoms with Crippen molar-refractivity contribution in [2.45, 2.75) is 44.3 Å². The molecule has 2 saturated heterocycles. The number of carbonyl (C=O) groups excluding carboxylic acids is 4. The molecule has 2 aromatic carbocycles. The van der Waals surface area contributed by atoms with Crippen LogP contribution in [0.2, 0.25) is 0 Å². The molecule has 2 aromatic rings. The van der Waals surface area contributed by atoms with Crippen molar-refractivity contribution in [2.24, 2.45) is 10.9 Å². The highest BCUT2D eigenvalue weighted by molar-refractivity contribution is 6.36. The molecule has 3 aliphatic rings. The Labute approximate surface area is 267 Å². The Morgan fingerprint density at radius 1 is 1.09 bits per heavy atom. The number of piperidine rings is 2. The van der Waals surface area contributed by atoms with E-state index < -0.39 is 11.9 Å². The summed E-state index contributed by atoms with van der Waals surface area (Å²) in [4.78, 5) is 56.7. The number of likely N-dealkylation sites (tertiary alicyclic amines) is 1. The van der Waals surface area contributed by atoms with Crippen LogP contribution in [0, 0.1) is 0 Å². The smallest absolute Gasteiger partial charge is 0.255 e. The molecule has 0 aliphatic carbocycles. The molecule has 5 rings (SSSR count). The highest BCUT2D eigenvalue weighted by atomic mass is 16.5. The molecule has 0 spiro atoms. The number of hydrazone groups is 1. The first-order valence-electron chi connectivity index (χ1n) is 15.6. The molecule has 46 heavy (non-hydrogen) atoms. The Morgan fingerprint density at radius 2 is 1.87 bits per heavy atom. The molecule has 2 fully saturated rings. The van der Waals surface area contributed by atoms with Gasteiger partial charge in [0, 0.05) is 80.1 Å². The van der Waals surface area contributed by atoms with Crippen LogP contribution in [0.4, 0.5) is 11.4 Å². The second-order valence-electron chi connectivity index (χ2n) is 11.6. The largest absolute Gasteiger partial charge is 0.399 e. The zero-order valence-corrected chi connectivity index (χ0v) is 25.8. The number of benzene rings is 2. The molecule has 0 aromatic heterocycles. The minimum Gasteiger partial charge on any atom is -0.399 e. The van der Waals surface area contributed by atoms with Gasteiger partial charge in [-0.15, -0.1) is 0 Å². The van der Waals surface area contributed by atoms with Crippen molar-refractivity contribution in [3.8, 4) is 0 Å². The summed E-state index contributed by atoms with van der Waals surface area (Å²) in [5.74, 6) is 4.26. The van der Waals surface area contributed by atoms with Crippen LogP contribution in [0.3, 0.4) is 0 Å². The first-order valence-corrected chi connectivity index (χ1v) is 15.6. The van der Waals surface area contributed by atoms with E-state index in [1.54, 1.807) is 18.2 Å². The number of ether oxygens (including phenoxy) is 1. The lowest BCUT2D eigenvalue weighted by molar-refractivity contribution is -0.501. The lowest BCUT2D eigenvalue weighted by Crippen LogP contribution is -2.79. The number of fused-ring (bicyclic) bond motifs is 1. The maximum absolute atomic E-state index is 13.0. The standard InChI is InChI=1S/C32H41N9O5/c33-22-6-4-21(5-7-22)27(39-34)18-36-23-10-13-40(14-11-23)15-17-46-16-12-35-19-30(43)37-26-3-1-2-24-25(26)20-41(32(24)45)28-8-9-29(42)38-31(28)44/h1-7,18,23,28,35H,8-17,19-20,33-34H2,(H,37,43)(H,38,42,44)/p+1/b36-18?,39-27+. The van der Waals surface area contributed by atoms with E-state index in [9.17, 15) is 19.2 Å². The van der Waals surface area contributed by atoms with E-state index in [1.807, 2.05) is 30.5 Å². The number of nitrogen functional groups attached to an aromatic ring is 1. The average Bonchev–Trinajstić information content (AvgIpc) is 3.39. The van der Waals surface area contributed by atoms with Gasteiger partial charge in [0.1, 0.15) is 6.04 Å². The SMILES string of the molecule is N/N=C(\C=[NH+]C1CCN(CCOCCNCC(=O)Nc2cccc3c2CN(C2CCC(=O)NC2=O)C3=O)CC1)c1ccc(N)cc1. The maximum atomic E-state index is 13.0. The van der Waals surface area contributed by atoms with Crippen LogP contribution < -0.4 is 32.5 Å². The number of amides is 4. The molecule has 0 radical (unpaired) electrons. The van der Waals surface area contributed by atoms with Crippen LogP contribution in [-0.4, -0.2) is 103 Å². The normalized spacial score (nSPS) is 19.5. The highest BCUT2D eigenvalue weighted by Gasteiger charge is 2.40. The summed E-state index contributed by atoms with van der Waals surface area (Å²) in [6, 6.07) is 12.2. The third-order valence-electron chi connectivity index (χ3n) is 8.51. The predicted molar refractivity (Wildman–Crippen MR) is 173 cm³/mol. The van der Waals surface area contributed by atoms with Gasteiger partial charge in [0.05, 0.1) is 19.8 Å². The van der Waals surface area contributed by atoms with E-state index in [0.717, 1.165) is 38.0 Å². The molecule has 4 amide bonds. The highest BCUT2D eigenvalue weighted by Crippen LogP contribution is 2.32. The van der Waals surface area contributed by atoms with E-state index in [2.05, 4.69) is 30.9 Å². The van der Waals surface area contributed by atoms with Crippen molar-refractivity contribution in [2.75, 3.05) is 57.0 Å². The Morgan fingerprint density at radius 3 is 2.61 bits per heavy atom. The summed E-state index contributed by atoms with van der Waals surface area (Å²) in [6.45, 7) is 4.64. The average molecular weight is 633 g/mol. The van der Waals surface area contributed by atoms with Gasteiger partial charge in [0.15, 0.2) is 18.0 Å². The van der Waals surface area contributed by atoms with E-state index >= 15 is 0 Å². The van der Waals surface area contributed by atoms with Crippen LogP contribution in [-0.2, 0) is 25.7 Å². The van der Waals surface area contributed by atoms with E-state index in [0.29, 0.717) is 54.0 Å². The molecule has 0 saturated carbocycles. The summed E-state index contributed by atoms with van der Waals surface area (Å²) >= 11 is 0. The Kier molecular flexibility index (Phi) is 11.1. The summed E-state index contributed by atoms with van der Waals surface area (Å²) in [6.07, 6.45) is 4.34. The Balaban J connectivity index is 0.950. The predicted octanol–water partition coefficient (Wildman–Crippen LogP) is -1.45.